The molecular weight excluding hydrogens is 726 g/mol. The molecular formula is C40H47ClF2N2O7S. The highest BCUT2D eigenvalue weighted by Crippen LogP contribution is 2.43. The molecule has 6 rings (SSSR count). The zero-order valence-corrected chi connectivity index (χ0v) is 32.1. The standard InChI is InChI=1S/C40H47ClF2N2O7S/c1-21-14-33(41)26(16-31(21)38-39(50-24(4)47)36(49-23(3)46)22(2)40(52-38)53-5)15-25-6-9-29(10-7-25)51-30-12-13-45(19-30)28-18-35(44)37(48-20-28)32-17-27(42)8-11-34(32)43/h6-11,14,16-17,22,28,30,35-40H,12-13,15,18-20,44H2,1-5H3/t22-,28+,30+,35-,36-,37+,38-,39+,40+/m0/s1. The highest BCUT2D eigenvalue weighted by molar-refractivity contribution is 7.99. The topological polar surface area (TPSA) is 110 Å². The van der Waals surface area contributed by atoms with Crippen molar-refractivity contribution in [2.45, 2.75) is 95.0 Å². The first-order chi connectivity index (χ1) is 25.3. The van der Waals surface area contributed by atoms with Crippen molar-refractivity contribution in [1.29, 1.82) is 0 Å². The van der Waals surface area contributed by atoms with Crippen LogP contribution in [0.15, 0.2) is 54.6 Å². The first-order valence-corrected chi connectivity index (χ1v) is 19.6. The molecule has 0 saturated carbocycles. The van der Waals surface area contributed by atoms with Crippen LogP contribution in [0.5, 0.6) is 5.75 Å². The van der Waals surface area contributed by atoms with Gasteiger partial charge in [-0.2, -0.15) is 0 Å². The Kier molecular flexibility index (Phi) is 12.7. The quantitative estimate of drug-likeness (QED) is 0.215. The van der Waals surface area contributed by atoms with E-state index in [1.807, 2.05) is 56.5 Å². The highest BCUT2D eigenvalue weighted by atomic mass is 35.5. The summed E-state index contributed by atoms with van der Waals surface area (Å²) < 4.78 is 58.6. The van der Waals surface area contributed by atoms with Gasteiger partial charge in [0.25, 0.3) is 0 Å². The fourth-order valence-corrected chi connectivity index (χ4v) is 8.89. The number of benzene rings is 3. The Hall–Kier alpha value is -3.26. The minimum Gasteiger partial charge on any atom is -0.489 e. The van der Waals surface area contributed by atoms with Crippen LogP contribution >= 0.6 is 23.4 Å². The smallest absolute Gasteiger partial charge is 0.303 e. The minimum atomic E-state index is -0.838. The average Bonchev–Trinajstić information content (AvgIpc) is 3.58. The summed E-state index contributed by atoms with van der Waals surface area (Å²) in [5.41, 5.74) is 9.85. The number of aryl methyl sites for hydroxylation is 1. The van der Waals surface area contributed by atoms with Gasteiger partial charge in [-0.25, -0.2) is 8.78 Å². The predicted molar refractivity (Wildman–Crippen MR) is 199 cm³/mol. The zero-order chi connectivity index (χ0) is 38.0. The second kappa shape index (κ2) is 17.0. The number of esters is 2. The van der Waals surface area contributed by atoms with Gasteiger partial charge in [-0.1, -0.05) is 36.7 Å². The van der Waals surface area contributed by atoms with Crippen molar-refractivity contribution >= 4 is 35.3 Å². The molecule has 13 heteroatoms. The summed E-state index contributed by atoms with van der Waals surface area (Å²) in [7, 11) is 0. The summed E-state index contributed by atoms with van der Waals surface area (Å²) in [4.78, 5) is 26.7. The van der Waals surface area contributed by atoms with E-state index in [1.165, 1.54) is 25.6 Å². The lowest BCUT2D eigenvalue weighted by Crippen LogP contribution is -2.52. The number of hydrogen-bond donors (Lipinski definition) is 1. The second-order valence-corrected chi connectivity index (χ2v) is 15.6. The SMILES string of the molecule is CS[C@H]1O[C@@H](c2cc(Cc3ccc(O[C@@H]4CCN([C@H]5CO[C@H](c6cc(F)ccc6F)[C@@H](N)C5)C4)cc3)c(Cl)cc2C)[C@H](OC(C)=O)[C@@H](OC(C)=O)[C@@H]1C. The molecule has 9 atom stereocenters. The largest absolute Gasteiger partial charge is 0.489 e. The van der Waals surface area contributed by atoms with Gasteiger partial charge < -0.3 is 29.4 Å². The summed E-state index contributed by atoms with van der Waals surface area (Å²) in [5, 5.41) is 0.600. The fourth-order valence-electron chi connectivity index (χ4n) is 7.79. The predicted octanol–water partition coefficient (Wildman–Crippen LogP) is 7.09. The number of thioether (sulfide) groups is 1. The zero-order valence-electron chi connectivity index (χ0n) is 30.6. The molecule has 3 saturated heterocycles. The van der Waals surface area contributed by atoms with Crippen LogP contribution < -0.4 is 10.5 Å². The number of halogens is 3. The van der Waals surface area contributed by atoms with Crippen molar-refractivity contribution < 1.29 is 42.1 Å². The van der Waals surface area contributed by atoms with Crippen molar-refractivity contribution in [1.82, 2.24) is 4.90 Å². The number of nitrogens with zero attached hydrogens (tertiary/aromatic N) is 1. The molecule has 286 valence electrons. The van der Waals surface area contributed by atoms with Gasteiger partial charge in [0.1, 0.15) is 47.2 Å². The Morgan fingerprint density at radius 1 is 1.00 bits per heavy atom. The van der Waals surface area contributed by atoms with E-state index in [-0.39, 0.29) is 29.1 Å². The lowest BCUT2D eigenvalue weighted by Gasteiger charge is -2.44. The maximum absolute atomic E-state index is 14.4. The molecule has 2 N–H and O–H groups in total. The molecule has 9 nitrogen and oxygen atoms in total. The van der Waals surface area contributed by atoms with Crippen molar-refractivity contribution in [3.05, 3.63) is 99.1 Å². The van der Waals surface area contributed by atoms with Gasteiger partial charge in [0.05, 0.1) is 6.61 Å². The molecule has 0 unspecified atom stereocenters. The maximum Gasteiger partial charge on any atom is 0.303 e. The van der Waals surface area contributed by atoms with Crippen LogP contribution in [0.1, 0.15) is 73.6 Å². The van der Waals surface area contributed by atoms with Gasteiger partial charge in [0, 0.05) is 55.5 Å². The number of rotatable bonds is 10. The van der Waals surface area contributed by atoms with E-state index >= 15 is 0 Å². The number of carbonyl (C=O) groups excluding carboxylic acids is 2. The molecule has 53 heavy (non-hydrogen) atoms. The summed E-state index contributed by atoms with van der Waals surface area (Å²) in [6, 6.07) is 14.8. The molecule has 0 bridgehead atoms. The van der Waals surface area contributed by atoms with E-state index in [9.17, 15) is 18.4 Å². The Morgan fingerprint density at radius 3 is 2.40 bits per heavy atom. The van der Waals surface area contributed by atoms with Crippen molar-refractivity contribution in [2.24, 2.45) is 11.7 Å². The van der Waals surface area contributed by atoms with Crippen LogP contribution in [0, 0.1) is 24.5 Å². The number of nitrogens with two attached hydrogens (primary N) is 1. The molecule has 3 aromatic rings. The normalized spacial score (nSPS) is 29.1. The van der Waals surface area contributed by atoms with E-state index in [2.05, 4.69) is 4.90 Å². The Morgan fingerprint density at radius 2 is 1.72 bits per heavy atom. The first-order valence-electron chi connectivity index (χ1n) is 17.9. The van der Waals surface area contributed by atoms with Gasteiger partial charge in [-0.15, -0.1) is 11.8 Å². The maximum atomic E-state index is 14.4. The fraction of sp³-hybridized carbons (Fsp3) is 0.500. The van der Waals surface area contributed by atoms with Crippen LogP contribution in [-0.4, -0.2) is 78.6 Å². The van der Waals surface area contributed by atoms with Crippen LogP contribution in [0.2, 0.25) is 5.02 Å². The molecule has 3 fully saturated rings. The van der Waals surface area contributed by atoms with Crippen LogP contribution in [0.3, 0.4) is 0 Å². The van der Waals surface area contributed by atoms with E-state index in [0.29, 0.717) is 31.0 Å². The lowest BCUT2D eigenvalue weighted by molar-refractivity contribution is -0.211. The third-order valence-corrected chi connectivity index (χ3v) is 11.8. The summed E-state index contributed by atoms with van der Waals surface area (Å²) in [5.74, 6) is -1.45. The van der Waals surface area contributed by atoms with Gasteiger partial charge in [0.2, 0.25) is 0 Å². The monoisotopic (exact) mass is 772 g/mol. The van der Waals surface area contributed by atoms with Crippen LogP contribution in [0.4, 0.5) is 8.78 Å². The molecule has 0 spiro atoms. The van der Waals surface area contributed by atoms with Crippen LogP contribution in [-0.2, 0) is 35.0 Å². The number of hydrogen-bond acceptors (Lipinski definition) is 10. The highest BCUT2D eigenvalue weighted by Gasteiger charge is 2.48. The van der Waals surface area contributed by atoms with Crippen molar-refractivity contribution in [3.63, 3.8) is 0 Å². The molecule has 0 amide bonds. The third kappa shape index (κ3) is 9.17. The molecule has 3 heterocycles. The van der Waals surface area contributed by atoms with Crippen molar-refractivity contribution in [2.75, 3.05) is 26.0 Å². The molecule has 3 aromatic carbocycles. The Bertz CT molecular complexity index is 1780. The van der Waals surface area contributed by atoms with E-state index < -0.39 is 54.0 Å². The molecule has 0 radical (unpaired) electrons. The van der Waals surface area contributed by atoms with E-state index in [1.54, 1.807) is 0 Å². The van der Waals surface area contributed by atoms with Crippen LogP contribution in [0.25, 0.3) is 0 Å². The summed E-state index contributed by atoms with van der Waals surface area (Å²) >= 11 is 8.31. The Balaban J connectivity index is 1.09. The molecule has 0 aromatic heterocycles. The molecule has 3 aliphatic rings. The molecule has 0 aliphatic carbocycles. The average molecular weight is 773 g/mol. The van der Waals surface area contributed by atoms with Crippen molar-refractivity contribution in [3.8, 4) is 5.75 Å². The second-order valence-electron chi connectivity index (χ2n) is 14.3. The number of carbonyl (C=O) groups is 2. The summed E-state index contributed by atoms with van der Waals surface area (Å²) in [6.45, 7) is 8.44. The van der Waals surface area contributed by atoms with E-state index in [4.69, 9.17) is 41.0 Å². The molecule has 3 aliphatic heterocycles. The summed E-state index contributed by atoms with van der Waals surface area (Å²) in [6.07, 6.45) is 0.994. The number of likely N-dealkylation sites (tertiary alicyclic amines) is 1. The van der Waals surface area contributed by atoms with E-state index in [0.717, 1.165) is 59.2 Å². The third-order valence-electron chi connectivity index (χ3n) is 10.4. The van der Waals surface area contributed by atoms with Gasteiger partial charge >= 0.3 is 11.9 Å². The first kappa shape index (κ1) is 39.4. The Labute approximate surface area is 318 Å². The van der Waals surface area contributed by atoms with Gasteiger partial charge in [0.15, 0.2) is 6.10 Å². The lowest BCUT2D eigenvalue weighted by atomic mass is 9.86. The minimum absolute atomic E-state index is 0.0196. The van der Waals surface area contributed by atoms with Gasteiger partial charge in [-0.3, -0.25) is 14.5 Å². The number of ether oxygens (including phenoxy) is 5. The van der Waals surface area contributed by atoms with Gasteiger partial charge in [-0.05, 0) is 91.1 Å².